The third-order valence-corrected chi connectivity index (χ3v) is 4.77. The molecule has 136 valence electrons. The van der Waals surface area contributed by atoms with E-state index >= 15 is 0 Å². The number of hydrogen-bond donors (Lipinski definition) is 3. The number of amides is 1. The molecule has 3 aromatic rings. The molecular weight excluding hydrogens is 336 g/mol. The minimum atomic E-state index is -0.0944. The van der Waals surface area contributed by atoms with Gasteiger partial charge in [-0.3, -0.25) is 4.79 Å². The van der Waals surface area contributed by atoms with Crippen LogP contribution in [0.25, 0.3) is 0 Å². The van der Waals surface area contributed by atoms with E-state index in [0.29, 0.717) is 11.6 Å². The van der Waals surface area contributed by atoms with Crippen molar-refractivity contribution in [2.45, 2.75) is 12.3 Å². The van der Waals surface area contributed by atoms with E-state index in [4.69, 9.17) is 0 Å². The normalized spacial score (nSPS) is 16.1. The predicted octanol–water partition coefficient (Wildman–Crippen LogP) is 4.15. The number of nitrogens with one attached hydrogen (secondary N) is 3. The van der Waals surface area contributed by atoms with Gasteiger partial charge in [-0.2, -0.15) is 0 Å². The van der Waals surface area contributed by atoms with Crippen LogP contribution < -0.4 is 16.0 Å². The van der Waals surface area contributed by atoms with Gasteiger partial charge in [-0.15, -0.1) is 0 Å². The Morgan fingerprint density at radius 1 is 0.963 bits per heavy atom. The zero-order valence-corrected chi connectivity index (χ0v) is 15.0. The van der Waals surface area contributed by atoms with Crippen molar-refractivity contribution in [3.63, 3.8) is 0 Å². The number of carbonyl (C=O) groups excluding carboxylic acids is 1. The van der Waals surface area contributed by atoms with E-state index < -0.39 is 0 Å². The summed E-state index contributed by atoms with van der Waals surface area (Å²) in [5.41, 5.74) is 3.49. The van der Waals surface area contributed by atoms with Crippen LogP contribution in [0.2, 0.25) is 0 Å². The second-order valence-electron chi connectivity index (χ2n) is 6.65. The van der Waals surface area contributed by atoms with Crippen molar-refractivity contribution in [3.8, 4) is 0 Å². The Bertz CT molecular complexity index is 903. The number of aromatic nitrogens is 1. The first-order valence-corrected chi connectivity index (χ1v) is 9.19. The Balaban J connectivity index is 1.46. The first kappa shape index (κ1) is 17.2. The van der Waals surface area contributed by atoms with E-state index in [0.717, 1.165) is 42.1 Å². The van der Waals surface area contributed by atoms with E-state index in [1.54, 1.807) is 6.20 Å². The van der Waals surface area contributed by atoms with Gasteiger partial charge in [-0.1, -0.05) is 36.4 Å². The Morgan fingerprint density at radius 2 is 1.78 bits per heavy atom. The lowest BCUT2D eigenvalue weighted by Crippen LogP contribution is -2.17. The van der Waals surface area contributed by atoms with Gasteiger partial charge in [-0.05, 0) is 54.8 Å². The molecule has 0 unspecified atom stereocenters. The van der Waals surface area contributed by atoms with Crippen molar-refractivity contribution in [1.82, 2.24) is 10.3 Å². The zero-order chi connectivity index (χ0) is 18.5. The van der Waals surface area contributed by atoms with Crippen LogP contribution in [0.3, 0.4) is 0 Å². The Kier molecular flexibility index (Phi) is 5.12. The Morgan fingerprint density at radius 3 is 2.52 bits per heavy atom. The molecule has 27 heavy (non-hydrogen) atoms. The fraction of sp³-hybridized carbons (Fsp3) is 0.182. The Hall–Kier alpha value is -3.18. The number of nitrogens with zero attached hydrogens (tertiary/aromatic N) is 1. The van der Waals surface area contributed by atoms with Crippen molar-refractivity contribution in [3.05, 3.63) is 84.1 Å². The highest BCUT2D eigenvalue weighted by Gasteiger charge is 2.22. The smallest absolute Gasteiger partial charge is 0.255 e. The van der Waals surface area contributed by atoms with Crippen molar-refractivity contribution in [1.29, 1.82) is 0 Å². The molecule has 5 heteroatoms. The lowest BCUT2D eigenvalue weighted by Gasteiger charge is -2.14. The van der Waals surface area contributed by atoms with Crippen molar-refractivity contribution in [2.75, 3.05) is 23.7 Å². The lowest BCUT2D eigenvalue weighted by atomic mass is 9.93. The van der Waals surface area contributed by atoms with Gasteiger partial charge in [0, 0.05) is 17.8 Å². The van der Waals surface area contributed by atoms with Crippen LogP contribution in [-0.2, 0) is 0 Å². The number of carbonyl (C=O) groups is 1. The van der Waals surface area contributed by atoms with Gasteiger partial charge in [-0.25, -0.2) is 4.98 Å². The number of para-hydroxylation sites is 1. The molecule has 1 atom stereocenters. The summed E-state index contributed by atoms with van der Waals surface area (Å²) in [6.07, 6.45) is 2.73. The van der Waals surface area contributed by atoms with Crippen LogP contribution in [-0.4, -0.2) is 24.0 Å². The highest BCUT2D eigenvalue weighted by Crippen LogP contribution is 2.26. The highest BCUT2D eigenvalue weighted by molar-refractivity contribution is 6.05. The molecular formula is C22H22N4O. The highest BCUT2D eigenvalue weighted by atomic mass is 16.1. The average molecular weight is 358 g/mol. The van der Waals surface area contributed by atoms with Crippen LogP contribution in [0, 0.1) is 0 Å². The molecule has 1 aliphatic heterocycles. The van der Waals surface area contributed by atoms with E-state index in [-0.39, 0.29) is 5.91 Å². The molecule has 0 bridgehead atoms. The van der Waals surface area contributed by atoms with E-state index in [9.17, 15) is 4.79 Å². The van der Waals surface area contributed by atoms with Crippen molar-refractivity contribution < 1.29 is 4.79 Å². The first-order valence-electron chi connectivity index (χ1n) is 9.19. The second kappa shape index (κ2) is 8.01. The molecule has 1 aromatic heterocycles. The van der Waals surface area contributed by atoms with Crippen molar-refractivity contribution in [2.24, 2.45) is 0 Å². The first-order chi connectivity index (χ1) is 13.3. The average Bonchev–Trinajstić information content (AvgIpc) is 3.25. The fourth-order valence-corrected chi connectivity index (χ4v) is 3.39. The lowest BCUT2D eigenvalue weighted by molar-refractivity contribution is 0.102. The summed E-state index contributed by atoms with van der Waals surface area (Å²) in [7, 11) is 0. The maximum atomic E-state index is 12.8. The minimum Gasteiger partial charge on any atom is -0.340 e. The summed E-state index contributed by atoms with van der Waals surface area (Å²) in [5, 5.41) is 9.56. The van der Waals surface area contributed by atoms with Gasteiger partial charge >= 0.3 is 0 Å². The number of anilines is 3. The molecule has 0 aliphatic carbocycles. The monoisotopic (exact) mass is 358 g/mol. The topological polar surface area (TPSA) is 66.0 Å². The molecule has 0 radical (unpaired) electrons. The Labute approximate surface area is 158 Å². The van der Waals surface area contributed by atoms with Crippen LogP contribution >= 0.6 is 0 Å². The van der Waals surface area contributed by atoms with Crippen molar-refractivity contribution >= 4 is 23.1 Å². The molecule has 1 amide bonds. The van der Waals surface area contributed by atoms with E-state index in [1.807, 2.05) is 60.7 Å². The third-order valence-electron chi connectivity index (χ3n) is 4.77. The number of hydrogen-bond acceptors (Lipinski definition) is 4. The fourth-order valence-electron chi connectivity index (χ4n) is 3.39. The molecule has 1 aliphatic rings. The van der Waals surface area contributed by atoms with Gasteiger partial charge in [0.05, 0.1) is 11.9 Å². The van der Waals surface area contributed by atoms with Gasteiger partial charge < -0.3 is 16.0 Å². The third kappa shape index (κ3) is 4.15. The summed E-state index contributed by atoms with van der Waals surface area (Å²) < 4.78 is 0. The largest absolute Gasteiger partial charge is 0.340 e. The van der Waals surface area contributed by atoms with Gasteiger partial charge in [0.25, 0.3) is 5.91 Å². The van der Waals surface area contributed by atoms with E-state index in [1.165, 1.54) is 0 Å². The zero-order valence-electron chi connectivity index (χ0n) is 15.0. The predicted molar refractivity (Wildman–Crippen MR) is 109 cm³/mol. The second-order valence-corrected chi connectivity index (χ2v) is 6.65. The number of benzene rings is 2. The van der Waals surface area contributed by atoms with Gasteiger partial charge in [0.1, 0.15) is 5.82 Å². The van der Waals surface area contributed by atoms with E-state index in [2.05, 4.69) is 27.0 Å². The maximum absolute atomic E-state index is 12.8. The standard InChI is InChI=1S/C22H22N4O/c27-22(20-9-5-4-8-19(20)16-12-13-23-14-16)26-18-10-11-21(24-15-18)25-17-6-2-1-3-7-17/h1-11,15-16,23H,12-14H2,(H,24,25)(H,26,27)/t16-/m0/s1. The van der Waals surface area contributed by atoms with Crippen LogP contribution in [0.4, 0.5) is 17.2 Å². The quantitative estimate of drug-likeness (QED) is 0.641. The molecule has 0 spiro atoms. The molecule has 5 nitrogen and oxygen atoms in total. The van der Waals surface area contributed by atoms with Gasteiger partial charge in [0.2, 0.25) is 0 Å². The molecule has 0 saturated carbocycles. The summed E-state index contributed by atoms with van der Waals surface area (Å²) in [5.74, 6) is 1.03. The number of pyridine rings is 1. The molecule has 3 N–H and O–H groups in total. The SMILES string of the molecule is O=C(Nc1ccc(Nc2ccccc2)nc1)c1ccccc1[C@H]1CCNC1. The van der Waals surface area contributed by atoms with Crippen LogP contribution in [0.5, 0.6) is 0 Å². The van der Waals surface area contributed by atoms with Gasteiger partial charge in [0.15, 0.2) is 0 Å². The summed E-state index contributed by atoms with van der Waals surface area (Å²) >= 11 is 0. The molecule has 1 saturated heterocycles. The molecule has 4 rings (SSSR count). The molecule has 2 heterocycles. The molecule has 2 aromatic carbocycles. The minimum absolute atomic E-state index is 0.0944. The number of rotatable bonds is 5. The maximum Gasteiger partial charge on any atom is 0.255 e. The van der Waals surface area contributed by atoms with Crippen LogP contribution in [0.1, 0.15) is 28.3 Å². The summed E-state index contributed by atoms with van der Waals surface area (Å²) in [6.45, 7) is 1.92. The summed E-state index contributed by atoms with van der Waals surface area (Å²) in [6, 6.07) is 21.4. The molecule has 1 fully saturated rings. The summed E-state index contributed by atoms with van der Waals surface area (Å²) in [4.78, 5) is 17.2. The van der Waals surface area contributed by atoms with Crippen LogP contribution in [0.15, 0.2) is 72.9 Å².